The maximum absolute atomic E-state index is 12.8. The van der Waals surface area contributed by atoms with Crippen LogP contribution in [0, 0.1) is 0 Å². The van der Waals surface area contributed by atoms with Crippen LogP contribution in [0.1, 0.15) is 25.5 Å². The van der Waals surface area contributed by atoms with E-state index in [1.807, 2.05) is 31.2 Å². The number of carbonyl (C=O) groups excluding carboxylic acids is 1. The first-order valence-electron chi connectivity index (χ1n) is 8.70. The molecule has 0 bridgehead atoms. The summed E-state index contributed by atoms with van der Waals surface area (Å²) in [6.45, 7) is 3.66. The van der Waals surface area contributed by atoms with E-state index in [9.17, 15) is 4.79 Å². The lowest BCUT2D eigenvalue weighted by Crippen LogP contribution is -2.39. The molecule has 8 heteroatoms. The van der Waals surface area contributed by atoms with E-state index in [4.69, 9.17) is 27.9 Å². The van der Waals surface area contributed by atoms with Gasteiger partial charge in [-0.1, -0.05) is 35.3 Å². The van der Waals surface area contributed by atoms with Crippen molar-refractivity contribution >= 4 is 29.1 Å². The molecule has 2 atom stereocenters. The number of carbonyl (C=O) groups is 1. The van der Waals surface area contributed by atoms with Gasteiger partial charge in [0.2, 0.25) is 0 Å². The lowest BCUT2D eigenvalue weighted by atomic mass is 10.1. The van der Waals surface area contributed by atoms with Crippen LogP contribution in [0.4, 0.5) is 0 Å². The Hall–Kier alpha value is -2.57. The molecule has 6 nitrogen and oxygen atoms in total. The van der Waals surface area contributed by atoms with E-state index >= 15 is 0 Å². The van der Waals surface area contributed by atoms with Gasteiger partial charge < -0.3 is 9.64 Å². The third-order valence-corrected chi connectivity index (χ3v) is 5.06. The van der Waals surface area contributed by atoms with Crippen molar-refractivity contribution in [3.63, 3.8) is 0 Å². The number of ether oxygens (including phenoxy) is 1. The van der Waals surface area contributed by atoms with Crippen molar-refractivity contribution in [1.82, 2.24) is 19.7 Å². The Labute approximate surface area is 173 Å². The molecule has 0 radical (unpaired) electrons. The number of halogens is 2. The molecule has 146 valence electrons. The summed E-state index contributed by atoms with van der Waals surface area (Å²) in [5, 5.41) is 4.98. The first-order chi connectivity index (χ1) is 13.4. The van der Waals surface area contributed by atoms with E-state index in [0.29, 0.717) is 15.8 Å². The topological polar surface area (TPSA) is 60.2 Å². The molecular formula is C20H20Cl2N4O2. The highest BCUT2D eigenvalue weighted by Crippen LogP contribution is 2.29. The van der Waals surface area contributed by atoms with Gasteiger partial charge in [0.25, 0.3) is 5.91 Å². The van der Waals surface area contributed by atoms with Crippen molar-refractivity contribution in [1.29, 1.82) is 0 Å². The number of rotatable bonds is 6. The molecule has 3 aromatic rings. The van der Waals surface area contributed by atoms with E-state index in [0.717, 1.165) is 11.3 Å². The van der Waals surface area contributed by atoms with E-state index < -0.39 is 6.10 Å². The number of hydrogen-bond acceptors (Lipinski definition) is 4. The number of hydrogen-bond donors (Lipinski definition) is 0. The molecule has 0 fully saturated rings. The maximum Gasteiger partial charge on any atom is 0.263 e. The summed E-state index contributed by atoms with van der Waals surface area (Å²) in [5.74, 6) is 0.268. The van der Waals surface area contributed by atoms with Gasteiger partial charge >= 0.3 is 0 Å². The normalized spacial score (nSPS) is 13.0. The van der Waals surface area contributed by atoms with Crippen molar-refractivity contribution in [2.75, 3.05) is 7.05 Å². The summed E-state index contributed by atoms with van der Waals surface area (Å²) in [7, 11) is 1.75. The molecule has 1 amide bonds. The minimum absolute atomic E-state index is 0.135. The van der Waals surface area contributed by atoms with Crippen LogP contribution in [-0.2, 0) is 4.79 Å². The van der Waals surface area contributed by atoms with E-state index in [-0.39, 0.29) is 11.9 Å². The fourth-order valence-corrected chi connectivity index (χ4v) is 3.21. The van der Waals surface area contributed by atoms with Gasteiger partial charge in [-0.3, -0.25) is 4.79 Å². The average molecular weight is 419 g/mol. The molecule has 0 saturated carbocycles. The monoisotopic (exact) mass is 418 g/mol. The van der Waals surface area contributed by atoms with Crippen LogP contribution >= 0.6 is 23.2 Å². The Bertz CT molecular complexity index is 945. The molecule has 1 aromatic heterocycles. The second-order valence-electron chi connectivity index (χ2n) is 6.39. The summed E-state index contributed by atoms with van der Waals surface area (Å²) >= 11 is 12.0. The quantitative estimate of drug-likeness (QED) is 0.588. The molecular weight excluding hydrogens is 399 g/mol. The van der Waals surface area contributed by atoms with Crippen LogP contribution < -0.4 is 4.74 Å². The summed E-state index contributed by atoms with van der Waals surface area (Å²) in [6.07, 6.45) is 2.42. The molecule has 2 aromatic carbocycles. The Morgan fingerprint density at radius 1 is 1.14 bits per heavy atom. The zero-order chi connectivity index (χ0) is 20.3. The highest BCUT2D eigenvalue weighted by molar-refractivity contribution is 6.35. The highest BCUT2D eigenvalue weighted by Gasteiger charge is 2.24. The molecule has 0 aliphatic rings. The standard InChI is InChI=1S/C20H20Cl2N4O2/c1-13(15-4-7-17(8-5-15)26-12-23-11-24-26)25(3)20(27)14(2)28-19-9-6-16(21)10-18(19)22/h4-14H,1-3H3/t13-,14-/m0/s1. The predicted octanol–water partition coefficient (Wildman–Crippen LogP) is 4.56. The largest absolute Gasteiger partial charge is 0.479 e. The Kier molecular flexibility index (Phi) is 6.21. The molecule has 1 heterocycles. The lowest BCUT2D eigenvalue weighted by molar-refractivity contribution is -0.138. The Balaban J connectivity index is 1.67. The number of likely N-dealkylation sites (N-methyl/N-ethyl adjacent to an activating group) is 1. The number of benzene rings is 2. The van der Waals surface area contributed by atoms with Crippen LogP contribution in [-0.4, -0.2) is 38.7 Å². The number of nitrogens with zero attached hydrogens (tertiary/aromatic N) is 4. The van der Waals surface area contributed by atoms with Crippen LogP contribution in [0.25, 0.3) is 5.69 Å². The van der Waals surface area contributed by atoms with Gasteiger partial charge in [-0.15, -0.1) is 0 Å². The van der Waals surface area contributed by atoms with E-state index in [1.165, 1.54) is 6.33 Å². The third kappa shape index (κ3) is 4.46. The molecule has 0 unspecified atom stereocenters. The Morgan fingerprint density at radius 2 is 1.86 bits per heavy atom. The second kappa shape index (κ2) is 8.63. The van der Waals surface area contributed by atoms with Gasteiger partial charge in [0.05, 0.1) is 16.8 Å². The summed E-state index contributed by atoms with van der Waals surface area (Å²) in [5.41, 5.74) is 1.90. The molecule has 0 N–H and O–H groups in total. The van der Waals surface area contributed by atoms with Crippen molar-refractivity contribution in [2.24, 2.45) is 0 Å². The maximum atomic E-state index is 12.8. The van der Waals surface area contributed by atoms with Crippen molar-refractivity contribution in [3.05, 3.63) is 70.7 Å². The van der Waals surface area contributed by atoms with Gasteiger partial charge in [0.15, 0.2) is 6.10 Å². The fourth-order valence-electron chi connectivity index (χ4n) is 2.76. The minimum Gasteiger partial charge on any atom is -0.479 e. The highest BCUT2D eigenvalue weighted by atomic mass is 35.5. The minimum atomic E-state index is -0.694. The van der Waals surface area contributed by atoms with Gasteiger partial charge in [-0.2, -0.15) is 5.10 Å². The predicted molar refractivity (Wildman–Crippen MR) is 109 cm³/mol. The molecule has 0 aliphatic heterocycles. The van der Waals surface area contributed by atoms with Gasteiger partial charge in [-0.25, -0.2) is 9.67 Å². The smallest absolute Gasteiger partial charge is 0.263 e. The second-order valence-corrected chi connectivity index (χ2v) is 7.24. The first-order valence-corrected chi connectivity index (χ1v) is 9.45. The molecule has 28 heavy (non-hydrogen) atoms. The summed E-state index contributed by atoms with van der Waals surface area (Å²) in [6, 6.07) is 12.6. The van der Waals surface area contributed by atoms with Crippen molar-refractivity contribution in [2.45, 2.75) is 26.0 Å². The first kappa shape index (κ1) is 20.2. The van der Waals surface area contributed by atoms with Crippen molar-refractivity contribution < 1.29 is 9.53 Å². The zero-order valence-corrected chi connectivity index (χ0v) is 17.2. The summed E-state index contributed by atoms with van der Waals surface area (Å²) < 4.78 is 7.41. The van der Waals surface area contributed by atoms with E-state index in [2.05, 4.69) is 10.1 Å². The van der Waals surface area contributed by atoms with Crippen molar-refractivity contribution in [3.8, 4) is 11.4 Å². The number of aromatic nitrogens is 3. The molecule has 0 spiro atoms. The fraction of sp³-hybridized carbons (Fsp3) is 0.250. The van der Waals surface area contributed by atoms with Crippen LogP contribution in [0.2, 0.25) is 10.0 Å². The van der Waals surface area contributed by atoms with Gasteiger partial charge in [0.1, 0.15) is 18.4 Å². The van der Waals surface area contributed by atoms with Crippen LogP contribution in [0.15, 0.2) is 55.1 Å². The van der Waals surface area contributed by atoms with Gasteiger partial charge in [0, 0.05) is 12.1 Å². The molecule has 0 saturated heterocycles. The summed E-state index contributed by atoms with van der Waals surface area (Å²) in [4.78, 5) is 18.4. The third-order valence-electron chi connectivity index (χ3n) is 4.53. The zero-order valence-electron chi connectivity index (χ0n) is 15.7. The lowest BCUT2D eigenvalue weighted by Gasteiger charge is -2.28. The number of amides is 1. The van der Waals surface area contributed by atoms with Crippen LogP contribution in [0.5, 0.6) is 5.75 Å². The van der Waals surface area contributed by atoms with Crippen LogP contribution in [0.3, 0.4) is 0 Å². The van der Waals surface area contributed by atoms with Gasteiger partial charge in [-0.05, 0) is 49.7 Å². The Morgan fingerprint density at radius 3 is 2.46 bits per heavy atom. The molecule has 0 aliphatic carbocycles. The SMILES string of the molecule is C[C@H](Oc1ccc(Cl)cc1Cl)C(=O)N(C)[C@@H](C)c1ccc(-n2cncn2)cc1. The van der Waals surface area contributed by atoms with E-state index in [1.54, 1.807) is 48.1 Å². The average Bonchev–Trinajstić information content (AvgIpc) is 3.23. The molecule has 3 rings (SSSR count).